The predicted octanol–water partition coefficient (Wildman–Crippen LogP) is 4.31. The first-order chi connectivity index (χ1) is 14.5. The first-order valence-corrected chi connectivity index (χ1v) is 10.1. The molecule has 0 fully saturated rings. The number of nitrogens with one attached hydrogen (secondary N) is 1. The Hall–Kier alpha value is -2.33. The highest BCUT2D eigenvalue weighted by Gasteiger charge is 2.34. The van der Waals surface area contributed by atoms with Crippen LogP contribution in [0.1, 0.15) is 48.2 Å². The summed E-state index contributed by atoms with van der Waals surface area (Å²) in [6.07, 6.45) is -1.37. The van der Waals surface area contributed by atoms with Crippen LogP contribution in [0.5, 0.6) is 0 Å². The number of hydrogen-bond donors (Lipinski definition) is 2. The Balaban J connectivity index is 1.75. The lowest BCUT2D eigenvalue weighted by Gasteiger charge is -2.34. The van der Waals surface area contributed by atoms with Crippen molar-refractivity contribution in [2.75, 3.05) is 18.4 Å². The van der Waals surface area contributed by atoms with Gasteiger partial charge in [0.1, 0.15) is 0 Å². The van der Waals surface area contributed by atoms with E-state index in [1.807, 2.05) is 0 Å². The molecule has 0 spiro atoms. The summed E-state index contributed by atoms with van der Waals surface area (Å²) in [6.45, 7) is 4.62. The molecule has 3 rings (SSSR count). The van der Waals surface area contributed by atoms with E-state index in [2.05, 4.69) is 27.1 Å². The van der Waals surface area contributed by atoms with Crippen LogP contribution in [0.4, 0.5) is 27.9 Å². The number of alkyl halides is 5. The molecule has 0 bridgehead atoms. The Morgan fingerprint density at radius 3 is 2.48 bits per heavy atom. The molecule has 170 valence electrons. The van der Waals surface area contributed by atoms with Crippen LogP contribution in [0.25, 0.3) is 0 Å². The van der Waals surface area contributed by atoms with E-state index in [-0.39, 0.29) is 24.1 Å². The first kappa shape index (κ1) is 23.3. The van der Waals surface area contributed by atoms with Gasteiger partial charge in [0.2, 0.25) is 5.95 Å². The highest BCUT2D eigenvalue weighted by Crippen LogP contribution is 2.35. The number of nitrogens with two attached hydrogens (primary N) is 1. The van der Waals surface area contributed by atoms with Gasteiger partial charge in [-0.15, -0.1) is 0 Å². The van der Waals surface area contributed by atoms with Crippen molar-refractivity contribution in [3.05, 3.63) is 52.3 Å². The number of aromatic nitrogens is 2. The molecule has 0 amide bonds. The molecule has 0 saturated carbocycles. The van der Waals surface area contributed by atoms with Gasteiger partial charge in [0.15, 0.2) is 0 Å². The fourth-order valence-electron chi connectivity index (χ4n) is 3.70. The molecule has 0 saturated heterocycles. The maximum Gasteiger partial charge on any atom is 0.416 e. The number of hydrogen-bond acceptors (Lipinski definition) is 5. The van der Waals surface area contributed by atoms with Crippen LogP contribution in [0.3, 0.4) is 0 Å². The minimum absolute atomic E-state index is 0.0765. The molecule has 3 N–H and O–H groups in total. The minimum atomic E-state index is -4.72. The third-order valence-electron chi connectivity index (χ3n) is 5.50. The minimum Gasteiger partial charge on any atom is -0.350 e. The Morgan fingerprint density at radius 1 is 1.16 bits per heavy atom. The molecule has 1 aromatic heterocycles. The van der Waals surface area contributed by atoms with Gasteiger partial charge in [-0.05, 0) is 30.2 Å². The lowest BCUT2D eigenvalue weighted by atomic mass is 10.0. The van der Waals surface area contributed by atoms with E-state index in [4.69, 9.17) is 5.73 Å². The largest absolute Gasteiger partial charge is 0.416 e. The predicted molar refractivity (Wildman–Crippen MR) is 108 cm³/mol. The Labute approximate surface area is 177 Å². The van der Waals surface area contributed by atoms with Gasteiger partial charge in [0, 0.05) is 62.9 Å². The third-order valence-corrected chi connectivity index (χ3v) is 5.50. The van der Waals surface area contributed by atoms with Gasteiger partial charge in [0.25, 0.3) is 5.92 Å². The van der Waals surface area contributed by atoms with Gasteiger partial charge in [-0.3, -0.25) is 4.90 Å². The Morgan fingerprint density at radius 2 is 1.87 bits per heavy atom. The quantitative estimate of drug-likeness (QED) is 0.624. The van der Waals surface area contributed by atoms with E-state index in [0.717, 1.165) is 36.4 Å². The number of benzene rings is 1. The second-order valence-electron chi connectivity index (χ2n) is 7.84. The van der Waals surface area contributed by atoms with Gasteiger partial charge in [-0.2, -0.15) is 13.2 Å². The van der Waals surface area contributed by atoms with Crippen molar-refractivity contribution in [3.8, 4) is 0 Å². The van der Waals surface area contributed by atoms with Crippen LogP contribution in [0.2, 0.25) is 0 Å². The van der Waals surface area contributed by atoms with E-state index in [0.29, 0.717) is 32.5 Å². The average Bonchev–Trinajstić information content (AvgIpc) is 2.71. The highest BCUT2D eigenvalue weighted by atomic mass is 19.4. The summed E-state index contributed by atoms with van der Waals surface area (Å²) in [5.74, 6) is -3.13. The van der Waals surface area contributed by atoms with Crippen LogP contribution in [-0.4, -0.2) is 34.0 Å². The molecule has 1 aromatic carbocycles. The lowest BCUT2D eigenvalue weighted by Crippen LogP contribution is -2.43. The summed E-state index contributed by atoms with van der Waals surface area (Å²) >= 11 is 0. The average molecular weight is 443 g/mol. The fourth-order valence-corrected chi connectivity index (χ4v) is 3.70. The van der Waals surface area contributed by atoms with Crippen LogP contribution in [0, 0.1) is 0 Å². The molecule has 0 aliphatic carbocycles. The zero-order chi connectivity index (χ0) is 22.8. The Kier molecular flexibility index (Phi) is 6.80. The van der Waals surface area contributed by atoms with Crippen molar-refractivity contribution >= 4 is 5.95 Å². The maximum atomic E-state index is 13.7. The number of nitrogens with zero attached hydrogens (tertiary/aromatic N) is 3. The molecule has 10 heteroatoms. The monoisotopic (exact) mass is 443 g/mol. The van der Waals surface area contributed by atoms with Gasteiger partial charge in [0.05, 0.1) is 11.3 Å². The molecular formula is C21H26F5N5. The standard InChI is InChI=1S/C21H26F5N5/c1-3-17(9-27)31-5-4-18-14(12-31)11-29-19(30-18)28-10-13-6-15(20(2,22)23)8-16(7-13)21(24,25)26/h6-8,11,17H,3-5,9-10,12,27H2,1-2H3,(H,28,29,30). The third kappa shape index (κ3) is 5.68. The van der Waals surface area contributed by atoms with Crippen molar-refractivity contribution in [2.24, 2.45) is 5.73 Å². The van der Waals surface area contributed by atoms with Crippen LogP contribution >= 0.6 is 0 Å². The zero-order valence-electron chi connectivity index (χ0n) is 17.4. The summed E-state index contributed by atoms with van der Waals surface area (Å²) in [5.41, 5.74) is 5.96. The molecule has 31 heavy (non-hydrogen) atoms. The zero-order valence-corrected chi connectivity index (χ0v) is 17.4. The second kappa shape index (κ2) is 9.04. The summed E-state index contributed by atoms with van der Waals surface area (Å²) in [4.78, 5) is 11.0. The van der Waals surface area contributed by atoms with E-state index >= 15 is 0 Å². The smallest absolute Gasteiger partial charge is 0.350 e. The molecule has 1 atom stereocenters. The van der Waals surface area contributed by atoms with E-state index in [1.165, 1.54) is 0 Å². The molecule has 2 aromatic rings. The first-order valence-electron chi connectivity index (χ1n) is 10.1. The summed E-state index contributed by atoms with van der Waals surface area (Å²) in [5, 5.41) is 2.86. The van der Waals surface area contributed by atoms with Gasteiger partial charge < -0.3 is 11.1 Å². The van der Waals surface area contributed by atoms with E-state index < -0.39 is 23.2 Å². The summed E-state index contributed by atoms with van der Waals surface area (Å²) in [7, 11) is 0. The highest BCUT2D eigenvalue weighted by molar-refractivity contribution is 5.37. The topological polar surface area (TPSA) is 67.1 Å². The van der Waals surface area contributed by atoms with Crippen molar-refractivity contribution in [3.63, 3.8) is 0 Å². The van der Waals surface area contributed by atoms with Crippen molar-refractivity contribution in [1.82, 2.24) is 14.9 Å². The molecule has 1 aliphatic heterocycles. The van der Waals surface area contributed by atoms with Gasteiger partial charge in [-0.1, -0.05) is 6.92 Å². The summed E-state index contributed by atoms with van der Waals surface area (Å²) in [6, 6.07) is 2.69. The molecule has 1 unspecified atom stereocenters. The van der Waals surface area contributed by atoms with E-state index in [9.17, 15) is 22.0 Å². The van der Waals surface area contributed by atoms with Crippen molar-refractivity contribution < 1.29 is 22.0 Å². The van der Waals surface area contributed by atoms with Gasteiger partial charge in [-0.25, -0.2) is 18.7 Å². The number of rotatable bonds is 7. The molecular weight excluding hydrogens is 417 g/mol. The number of fused-ring (bicyclic) bond motifs is 1. The SMILES string of the molecule is CCC(CN)N1CCc2nc(NCc3cc(C(C)(F)F)cc(C(F)(F)F)c3)ncc2C1. The summed E-state index contributed by atoms with van der Waals surface area (Å²) < 4.78 is 66.7. The van der Waals surface area contributed by atoms with Crippen LogP contribution in [0.15, 0.2) is 24.4 Å². The van der Waals surface area contributed by atoms with Crippen LogP contribution in [-0.2, 0) is 31.6 Å². The molecule has 1 aliphatic rings. The Bertz CT molecular complexity index is 874. The van der Waals surface area contributed by atoms with Crippen LogP contribution < -0.4 is 11.1 Å². The maximum absolute atomic E-state index is 13.7. The van der Waals surface area contributed by atoms with Crippen molar-refractivity contribution in [2.45, 2.75) is 57.9 Å². The normalized spacial score (nSPS) is 16.1. The van der Waals surface area contributed by atoms with Crippen molar-refractivity contribution in [1.29, 1.82) is 0 Å². The molecule has 2 heterocycles. The second-order valence-corrected chi connectivity index (χ2v) is 7.84. The lowest BCUT2D eigenvalue weighted by molar-refractivity contribution is -0.137. The van der Waals surface area contributed by atoms with Gasteiger partial charge >= 0.3 is 6.18 Å². The van der Waals surface area contributed by atoms with E-state index in [1.54, 1.807) is 6.20 Å². The number of anilines is 1. The molecule has 5 nitrogen and oxygen atoms in total. The fraction of sp³-hybridized carbons (Fsp3) is 0.524. The number of halogens is 5. The molecule has 0 radical (unpaired) electrons.